The van der Waals surface area contributed by atoms with Gasteiger partial charge in [-0.15, -0.1) is 0 Å². The van der Waals surface area contributed by atoms with Crippen LogP contribution in [-0.4, -0.2) is 66.2 Å². The summed E-state index contributed by atoms with van der Waals surface area (Å²) in [4.78, 5) is 0. The normalized spacial score (nSPS) is 27.5. The van der Waals surface area contributed by atoms with Gasteiger partial charge in [0.15, 0.2) is 0 Å². The Labute approximate surface area is 212 Å². The van der Waals surface area contributed by atoms with Crippen molar-refractivity contribution in [1.29, 1.82) is 0 Å². The van der Waals surface area contributed by atoms with E-state index in [4.69, 9.17) is 9.26 Å². The van der Waals surface area contributed by atoms with E-state index in [-0.39, 0.29) is 59.1 Å². The van der Waals surface area contributed by atoms with Gasteiger partial charge in [-0.2, -0.15) is 0 Å². The van der Waals surface area contributed by atoms with E-state index < -0.39 is 8.69 Å². The summed E-state index contributed by atoms with van der Waals surface area (Å²) in [5.41, 5.74) is 2.47. The predicted molar refractivity (Wildman–Crippen MR) is 120 cm³/mol. The number of methoxy groups -OCH3 is 1. The second kappa shape index (κ2) is 9.60. The van der Waals surface area contributed by atoms with E-state index in [1.165, 1.54) is 37.7 Å². The molecule has 4 fully saturated rings. The fraction of sp³-hybridized carbons (Fsp3) is 0.455. The molecule has 2 aromatic carbocycles. The standard InChI is InChI=1S/C22H25O3P.2Na.2H/c1-24-22(20-16-9-13-8-14(11-16)12-17(20)10-13)19-7-6-15-4-2-3-5-18(15)21(19)25-26-23;;;;/h2-7,13-14,16-17H,8-12,26H2,1H3;;;;. The number of hydrogen-bond acceptors (Lipinski definition) is 3. The molecular weight excluding hydrogens is 389 g/mol. The Bertz CT molecular complexity index is 882. The molecule has 4 aliphatic carbocycles. The SMILES string of the molecule is COC(=C1C2CC3CC(C2)CC1C3)c1ccc2ccccc2c1O[PH2]=O.[NaH].[NaH]. The number of ether oxygens (including phenoxy) is 1. The Balaban J connectivity index is 0.00000112. The van der Waals surface area contributed by atoms with Crippen LogP contribution in [0, 0.1) is 23.7 Å². The third kappa shape index (κ3) is 3.94. The van der Waals surface area contributed by atoms with Gasteiger partial charge in [0.05, 0.1) is 12.7 Å². The number of benzene rings is 2. The molecule has 0 heterocycles. The van der Waals surface area contributed by atoms with Gasteiger partial charge < -0.3 is 9.26 Å². The minimum absolute atomic E-state index is 0. The molecule has 0 aliphatic heterocycles. The second-order valence-electron chi connectivity index (χ2n) is 8.17. The van der Waals surface area contributed by atoms with E-state index in [1.807, 2.05) is 18.2 Å². The predicted octanol–water partition coefficient (Wildman–Crippen LogP) is 4.41. The van der Waals surface area contributed by atoms with E-state index in [2.05, 4.69) is 18.2 Å². The maximum atomic E-state index is 11.4. The quantitative estimate of drug-likeness (QED) is 0.421. The first-order valence-corrected chi connectivity index (χ1v) is 10.6. The molecule has 1 atom stereocenters. The van der Waals surface area contributed by atoms with Gasteiger partial charge in [-0.25, -0.2) is 0 Å². The van der Waals surface area contributed by atoms with E-state index in [1.54, 1.807) is 7.11 Å². The van der Waals surface area contributed by atoms with Crippen molar-refractivity contribution in [2.75, 3.05) is 7.11 Å². The van der Waals surface area contributed by atoms with Crippen LogP contribution in [0.2, 0.25) is 0 Å². The van der Waals surface area contributed by atoms with Crippen LogP contribution in [0.15, 0.2) is 42.0 Å². The molecule has 4 saturated carbocycles. The van der Waals surface area contributed by atoms with Crippen LogP contribution in [0.4, 0.5) is 0 Å². The number of allylic oxidation sites excluding steroid dienone is 1. The number of rotatable bonds is 4. The summed E-state index contributed by atoms with van der Waals surface area (Å²) in [5.74, 6) is 4.83. The Morgan fingerprint density at radius 1 is 0.929 bits per heavy atom. The van der Waals surface area contributed by atoms with Gasteiger partial charge in [0, 0.05) is 5.39 Å². The first-order chi connectivity index (χ1) is 12.8. The van der Waals surface area contributed by atoms with E-state index in [0.717, 1.165) is 33.9 Å². The Hall–Kier alpha value is 0.270. The van der Waals surface area contributed by atoms with Crippen LogP contribution in [0.25, 0.3) is 16.5 Å². The topological polar surface area (TPSA) is 35.5 Å². The fourth-order valence-corrected chi connectivity index (χ4v) is 6.39. The molecule has 0 spiro atoms. The van der Waals surface area contributed by atoms with Gasteiger partial charge >= 0.3 is 59.1 Å². The summed E-state index contributed by atoms with van der Waals surface area (Å²) >= 11 is 0. The zero-order chi connectivity index (χ0) is 17.7. The first-order valence-electron chi connectivity index (χ1n) is 9.69. The molecule has 0 N–H and O–H groups in total. The maximum absolute atomic E-state index is 11.4. The van der Waals surface area contributed by atoms with Crippen LogP contribution in [0.5, 0.6) is 5.75 Å². The van der Waals surface area contributed by atoms with Gasteiger partial charge in [0.25, 0.3) is 0 Å². The Morgan fingerprint density at radius 3 is 2.18 bits per heavy atom. The molecule has 0 amide bonds. The molecule has 2 aromatic rings. The zero-order valence-electron chi connectivity index (χ0n) is 15.1. The molecule has 0 radical (unpaired) electrons. The van der Waals surface area contributed by atoms with Crippen molar-refractivity contribution in [3.05, 3.63) is 47.5 Å². The van der Waals surface area contributed by atoms with Crippen molar-refractivity contribution >= 4 is 84.3 Å². The number of hydrogen-bond donors (Lipinski definition) is 0. The van der Waals surface area contributed by atoms with Gasteiger partial charge in [-0.3, -0.25) is 4.57 Å². The van der Waals surface area contributed by atoms with Crippen LogP contribution < -0.4 is 4.52 Å². The van der Waals surface area contributed by atoms with Gasteiger partial charge in [-0.1, -0.05) is 30.3 Å². The van der Waals surface area contributed by atoms with Crippen molar-refractivity contribution in [2.45, 2.75) is 32.1 Å². The molecule has 1 unspecified atom stereocenters. The summed E-state index contributed by atoms with van der Waals surface area (Å²) < 4.78 is 23.1. The van der Waals surface area contributed by atoms with E-state index in [9.17, 15) is 4.57 Å². The first kappa shape index (κ1) is 22.9. The van der Waals surface area contributed by atoms with Crippen LogP contribution in [0.1, 0.15) is 37.7 Å². The van der Waals surface area contributed by atoms with Crippen molar-refractivity contribution in [1.82, 2.24) is 0 Å². The molecule has 4 bridgehead atoms. The minimum atomic E-state index is -1.32. The molecule has 140 valence electrons. The Kier molecular flexibility index (Phi) is 7.87. The van der Waals surface area contributed by atoms with Crippen molar-refractivity contribution < 1.29 is 13.8 Å². The monoisotopic (exact) mass is 416 g/mol. The van der Waals surface area contributed by atoms with Gasteiger partial charge in [0.1, 0.15) is 11.5 Å². The van der Waals surface area contributed by atoms with Crippen LogP contribution >= 0.6 is 8.69 Å². The number of fused-ring (bicyclic) bond motifs is 1. The summed E-state index contributed by atoms with van der Waals surface area (Å²) in [6, 6.07) is 12.3. The van der Waals surface area contributed by atoms with Crippen LogP contribution in [0.3, 0.4) is 0 Å². The average Bonchev–Trinajstić information content (AvgIpc) is 2.65. The average molecular weight is 416 g/mol. The molecule has 4 aliphatic rings. The van der Waals surface area contributed by atoms with Crippen LogP contribution in [-0.2, 0) is 9.30 Å². The van der Waals surface area contributed by atoms with Gasteiger partial charge in [-0.05, 0) is 72.8 Å². The van der Waals surface area contributed by atoms with Crippen molar-refractivity contribution in [3.8, 4) is 5.75 Å². The third-order valence-electron chi connectivity index (χ3n) is 6.77. The molecule has 0 aromatic heterocycles. The second-order valence-corrected chi connectivity index (χ2v) is 8.60. The van der Waals surface area contributed by atoms with E-state index in [0.29, 0.717) is 17.6 Å². The summed E-state index contributed by atoms with van der Waals surface area (Å²) in [7, 11) is 0.457. The molecule has 6 rings (SSSR count). The van der Waals surface area contributed by atoms with Crippen molar-refractivity contribution in [2.24, 2.45) is 23.7 Å². The summed E-state index contributed by atoms with van der Waals surface area (Å²) in [6.45, 7) is 0. The third-order valence-corrected chi connectivity index (χ3v) is 7.11. The fourth-order valence-electron chi connectivity index (χ4n) is 6.04. The summed E-state index contributed by atoms with van der Waals surface area (Å²) in [6.07, 6.45) is 6.68. The van der Waals surface area contributed by atoms with E-state index >= 15 is 0 Å². The molecule has 28 heavy (non-hydrogen) atoms. The van der Waals surface area contributed by atoms with Crippen molar-refractivity contribution in [3.63, 3.8) is 0 Å². The molecule has 6 heteroatoms. The molecule has 3 nitrogen and oxygen atoms in total. The molecular formula is C22H27Na2O3P. The zero-order valence-corrected chi connectivity index (χ0v) is 16.3. The Morgan fingerprint density at radius 2 is 1.57 bits per heavy atom. The summed E-state index contributed by atoms with van der Waals surface area (Å²) in [5, 5.41) is 2.11. The van der Waals surface area contributed by atoms with Gasteiger partial charge in [0.2, 0.25) is 8.69 Å². The molecule has 0 saturated heterocycles.